The molecule has 136 valence electrons. The zero-order valence-corrected chi connectivity index (χ0v) is 14.6. The van der Waals surface area contributed by atoms with Gasteiger partial charge in [0.25, 0.3) is 0 Å². The number of aromatic nitrogens is 1. The van der Waals surface area contributed by atoms with Crippen molar-refractivity contribution in [3.63, 3.8) is 0 Å². The summed E-state index contributed by atoms with van der Waals surface area (Å²) in [6.45, 7) is 5.46. The number of rotatable bonds is 5. The predicted octanol–water partition coefficient (Wildman–Crippen LogP) is 4.98. The number of carboxylic acids is 1. The lowest BCUT2D eigenvalue weighted by molar-refractivity contribution is 0.0692. The lowest BCUT2D eigenvalue weighted by Crippen LogP contribution is -2.04. The number of carbonyl (C=O) groups is 1. The van der Waals surface area contributed by atoms with E-state index in [2.05, 4.69) is 16.6 Å². The van der Waals surface area contributed by atoms with Crippen LogP contribution in [-0.2, 0) is 11.3 Å². The van der Waals surface area contributed by atoms with Crippen molar-refractivity contribution in [3.05, 3.63) is 77.7 Å². The van der Waals surface area contributed by atoms with Gasteiger partial charge in [-0.2, -0.15) is 0 Å². The molecule has 0 aliphatic rings. The normalized spacial score (nSPS) is 11.4. The molecule has 0 amide bonds. The summed E-state index contributed by atoms with van der Waals surface area (Å²) in [6.07, 6.45) is 1.35. The van der Waals surface area contributed by atoms with Crippen LogP contribution in [0.2, 0.25) is 0 Å². The molecule has 0 unspecified atom stereocenters. The monoisotopic (exact) mass is 364 g/mol. The van der Waals surface area contributed by atoms with E-state index in [0.717, 1.165) is 5.56 Å². The zero-order valence-electron chi connectivity index (χ0n) is 14.6. The lowest BCUT2D eigenvalue weighted by atomic mass is 10.1. The molecule has 0 aliphatic carbocycles. The molecule has 1 heterocycles. The van der Waals surface area contributed by atoms with Crippen molar-refractivity contribution in [1.82, 2.24) is 4.98 Å². The van der Waals surface area contributed by atoms with Crippen LogP contribution < -0.4 is 0 Å². The standard InChI is InChI=1S/C21H17FN2O3/c1-3-15-10-18-16(9-17(15)22)11-19(20(24-18)21(25)26)23-13(2)27-12-14-7-5-4-6-8-14/h3-11H,1,12H2,2H3,(H,25,26). The summed E-state index contributed by atoms with van der Waals surface area (Å²) < 4.78 is 19.6. The Kier molecular flexibility index (Phi) is 5.26. The minimum absolute atomic E-state index is 0.103. The number of ether oxygens (including phenoxy) is 1. The lowest BCUT2D eigenvalue weighted by Gasteiger charge is -2.08. The van der Waals surface area contributed by atoms with Crippen LogP contribution in [0, 0.1) is 5.82 Å². The molecule has 0 radical (unpaired) electrons. The SMILES string of the molecule is C=Cc1cc2nc(C(=O)O)c(N=C(C)OCc3ccccc3)cc2cc1F. The van der Waals surface area contributed by atoms with Crippen molar-refractivity contribution >= 4 is 34.5 Å². The van der Waals surface area contributed by atoms with Gasteiger partial charge in [0.1, 0.15) is 18.1 Å². The molecule has 0 saturated carbocycles. The highest BCUT2D eigenvalue weighted by atomic mass is 19.1. The van der Waals surface area contributed by atoms with Crippen LogP contribution in [0.3, 0.4) is 0 Å². The third-order valence-corrected chi connectivity index (χ3v) is 3.90. The van der Waals surface area contributed by atoms with E-state index < -0.39 is 11.8 Å². The van der Waals surface area contributed by atoms with Crippen molar-refractivity contribution in [2.75, 3.05) is 0 Å². The maximum atomic E-state index is 14.0. The maximum absolute atomic E-state index is 14.0. The highest BCUT2D eigenvalue weighted by molar-refractivity contribution is 5.97. The summed E-state index contributed by atoms with van der Waals surface area (Å²) in [5.41, 5.74) is 1.44. The number of aliphatic imine (C=N–C) groups is 1. The number of pyridine rings is 1. The minimum atomic E-state index is -1.23. The van der Waals surface area contributed by atoms with Crippen molar-refractivity contribution in [1.29, 1.82) is 0 Å². The molecule has 6 heteroatoms. The molecule has 0 atom stereocenters. The average molecular weight is 364 g/mol. The van der Waals surface area contributed by atoms with E-state index in [4.69, 9.17) is 4.74 Å². The predicted molar refractivity (Wildman–Crippen MR) is 103 cm³/mol. The molecular weight excluding hydrogens is 347 g/mol. The second-order valence-electron chi connectivity index (χ2n) is 5.84. The molecule has 0 fully saturated rings. The summed E-state index contributed by atoms with van der Waals surface area (Å²) in [7, 11) is 0. The Hall–Kier alpha value is -3.54. The molecule has 0 bridgehead atoms. The number of nitrogens with zero attached hydrogens (tertiary/aromatic N) is 2. The molecule has 1 N–H and O–H groups in total. The summed E-state index contributed by atoms with van der Waals surface area (Å²) in [4.78, 5) is 19.9. The molecule has 0 saturated heterocycles. The van der Waals surface area contributed by atoms with Gasteiger partial charge in [0, 0.05) is 17.9 Å². The second kappa shape index (κ2) is 7.78. The summed E-state index contributed by atoms with van der Waals surface area (Å²) in [5.74, 6) is -1.41. The molecule has 1 aromatic heterocycles. The average Bonchev–Trinajstić information content (AvgIpc) is 2.66. The van der Waals surface area contributed by atoms with Gasteiger partial charge >= 0.3 is 5.97 Å². The Morgan fingerprint density at radius 1 is 1.30 bits per heavy atom. The van der Waals surface area contributed by atoms with E-state index in [0.29, 0.717) is 17.5 Å². The first-order valence-electron chi connectivity index (χ1n) is 8.20. The smallest absolute Gasteiger partial charge is 0.356 e. The zero-order chi connectivity index (χ0) is 19.4. The first-order chi connectivity index (χ1) is 13.0. The Morgan fingerprint density at radius 3 is 2.70 bits per heavy atom. The van der Waals surface area contributed by atoms with Crippen LogP contribution in [0.4, 0.5) is 10.1 Å². The third kappa shape index (κ3) is 4.17. The van der Waals surface area contributed by atoms with Crippen molar-refractivity contribution < 1.29 is 19.0 Å². The molecule has 0 spiro atoms. The number of halogens is 1. The van der Waals surface area contributed by atoms with Crippen molar-refractivity contribution in [3.8, 4) is 0 Å². The van der Waals surface area contributed by atoms with Crippen LogP contribution in [0.15, 0.2) is 60.1 Å². The van der Waals surface area contributed by atoms with E-state index >= 15 is 0 Å². The number of benzene rings is 2. The van der Waals surface area contributed by atoms with Crippen LogP contribution in [-0.4, -0.2) is 22.0 Å². The first kappa shape index (κ1) is 18.3. The molecule has 5 nitrogen and oxygen atoms in total. The fraction of sp³-hybridized carbons (Fsp3) is 0.0952. The topological polar surface area (TPSA) is 71.8 Å². The quantitative estimate of drug-likeness (QED) is 0.512. The van der Waals surface area contributed by atoms with Crippen molar-refractivity contribution in [2.24, 2.45) is 4.99 Å². The largest absolute Gasteiger partial charge is 0.476 e. The highest BCUT2D eigenvalue weighted by Gasteiger charge is 2.15. The van der Waals surface area contributed by atoms with E-state index in [1.165, 1.54) is 24.3 Å². The van der Waals surface area contributed by atoms with E-state index in [1.54, 1.807) is 6.92 Å². The number of fused-ring (bicyclic) bond motifs is 1. The highest BCUT2D eigenvalue weighted by Crippen LogP contribution is 2.26. The summed E-state index contributed by atoms with van der Waals surface area (Å²) in [5, 5.41) is 9.90. The van der Waals surface area contributed by atoms with Crippen LogP contribution >= 0.6 is 0 Å². The molecule has 0 aliphatic heterocycles. The van der Waals surface area contributed by atoms with Crippen LogP contribution in [0.25, 0.3) is 17.0 Å². The van der Waals surface area contributed by atoms with Crippen molar-refractivity contribution in [2.45, 2.75) is 13.5 Å². The Morgan fingerprint density at radius 2 is 2.04 bits per heavy atom. The first-order valence-corrected chi connectivity index (χ1v) is 8.20. The fourth-order valence-corrected chi connectivity index (χ4v) is 2.56. The van der Waals surface area contributed by atoms with Gasteiger partial charge in [-0.25, -0.2) is 19.2 Å². The molecule has 2 aromatic carbocycles. The van der Waals surface area contributed by atoms with E-state index in [1.807, 2.05) is 30.3 Å². The second-order valence-corrected chi connectivity index (χ2v) is 5.84. The number of hydrogen-bond acceptors (Lipinski definition) is 4. The van der Waals surface area contributed by atoms with Gasteiger partial charge in [0.15, 0.2) is 11.6 Å². The minimum Gasteiger partial charge on any atom is -0.476 e. The Balaban J connectivity index is 1.97. The van der Waals surface area contributed by atoms with Gasteiger partial charge in [0.05, 0.1) is 5.52 Å². The van der Waals surface area contributed by atoms with E-state index in [-0.39, 0.29) is 22.8 Å². The Bertz CT molecular complexity index is 1050. The van der Waals surface area contributed by atoms with Gasteiger partial charge in [-0.05, 0) is 23.8 Å². The van der Waals surface area contributed by atoms with Crippen LogP contribution in [0.5, 0.6) is 0 Å². The van der Waals surface area contributed by atoms with Crippen LogP contribution in [0.1, 0.15) is 28.5 Å². The number of carboxylic acid groups (broad SMARTS) is 1. The summed E-state index contributed by atoms with van der Waals surface area (Å²) >= 11 is 0. The third-order valence-electron chi connectivity index (χ3n) is 3.90. The molecule has 3 aromatic rings. The molecular formula is C21H17FN2O3. The molecule has 27 heavy (non-hydrogen) atoms. The Labute approximate surface area is 155 Å². The summed E-state index contributed by atoms with van der Waals surface area (Å²) in [6, 6.07) is 13.7. The van der Waals surface area contributed by atoms with Gasteiger partial charge in [-0.1, -0.05) is 43.0 Å². The fourth-order valence-electron chi connectivity index (χ4n) is 2.56. The van der Waals surface area contributed by atoms with Gasteiger partial charge in [-0.15, -0.1) is 0 Å². The van der Waals surface area contributed by atoms with E-state index in [9.17, 15) is 14.3 Å². The molecule has 3 rings (SSSR count). The van der Waals surface area contributed by atoms with Gasteiger partial charge < -0.3 is 9.84 Å². The van der Waals surface area contributed by atoms with Gasteiger partial charge in [-0.3, -0.25) is 0 Å². The maximum Gasteiger partial charge on any atom is 0.356 e. The number of aromatic carboxylic acids is 1. The number of hydrogen-bond donors (Lipinski definition) is 1. The van der Waals surface area contributed by atoms with Gasteiger partial charge in [0.2, 0.25) is 0 Å².